The van der Waals surface area contributed by atoms with Gasteiger partial charge in [-0.05, 0) is 37.6 Å². The number of H-pyrrole nitrogens is 1. The van der Waals surface area contributed by atoms with E-state index in [1.165, 1.54) is 22.5 Å². The van der Waals surface area contributed by atoms with Gasteiger partial charge in [-0.25, -0.2) is 18.0 Å². The average molecular weight is 374 g/mol. The largest absolute Gasteiger partial charge is 0.419 e. The fourth-order valence-electron chi connectivity index (χ4n) is 2.68. The smallest absolute Gasteiger partial charge is 0.372 e. The molecule has 1 aromatic heterocycles. The summed E-state index contributed by atoms with van der Waals surface area (Å²) in [4.78, 5) is 25.5. The molecule has 0 spiro atoms. The number of hydrogen-bond acceptors (Lipinski definition) is 5. The highest BCUT2D eigenvalue weighted by molar-refractivity contribution is 7.89. The molecule has 0 unspecified atom stereocenters. The van der Waals surface area contributed by atoms with Crippen LogP contribution in [0.3, 0.4) is 0 Å². The minimum Gasteiger partial charge on any atom is -0.372 e. The molecule has 0 fully saturated rings. The van der Waals surface area contributed by atoms with Crippen LogP contribution in [0.2, 0.25) is 0 Å². The van der Waals surface area contributed by atoms with E-state index in [1.807, 2.05) is 30.3 Å². The van der Waals surface area contributed by atoms with Gasteiger partial charge in [0, 0.05) is 12.6 Å². The van der Waals surface area contributed by atoms with E-state index < -0.39 is 21.4 Å². The monoisotopic (exact) mass is 374 g/mol. The van der Waals surface area contributed by atoms with Gasteiger partial charge in [-0.1, -0.05) is 30.3 Å². The van der Waals surface area contributed by atoms with Gasteiger partial charge in [0.2, 0.25) is 10.0 Å². The van der Waals surface area contributed by atoms with Crippen LogP contribution in [-0.4, -0.2) is 23.7 Å². The van der Waals surface area contributed by atoms with Crippen molar-refractivity contribution in [3.63, 3.8) is 0 Å². The predicted molar refractivity (Wildman–Crippen MR) is 97.4 cm³/mol. The second-order valence-electron chi connectivity index (χ2n) is 6.14. The molecule has 26 heavy (non-hydrogen) atoms. The van der Waals surface area contributed by atoms with E-state index in [2.05, 4.69) is 9.40 Å². The lowest BCUT2D eigenvalue weighted by molar-refractivity contribution is 0.348. The first-order chi connectivity index (χ1) is 12.3. The Balaban J connectivity index is 2.08. The van der Waals surface area contributed by atoms with E-state index in [1.54, 1.807) is 13.8 Å². The van der Waals surface area contributed by atoms with Crippen LogP contribution in [0.5, 0.6) is 0 Å². The van der Waals surface area contributed by atoms with Crippen molar-refractivity contribution < 1.29 is 12.8 Å². The second-order valence-corrected chi connectivity index (χ2v) is 8.03. The number of nitrogens with zero attached hydrogens (tertiary/aromatic N) is 1. The molecule has 0 aliphatic carbocycles. The maximum absolute atomic E-state index is 13.1. The van der Waals surface area contributed by atoms with Gasteiger partial charge in [-0.2, -0.15) is 4.31 Å². The highest BCUT2D eigenvalue weighted by Gasteiger charge is 2.27. The fraction of sp³-hybridized carbons (Fsp3) is 0.222. The lowest BCUT2D eigenvalue weighted by atomic mass is 10.2. The van der Waals surface area contributed by atoms with Crippen LogP contribution in [0.25, 0.3) is 10.9 Å². The van der Waals surface area contributed by atoms with Gasteiger partial charge in [0.05, 0.1) is 15.8 Å². The van der Waals surface area contributed by atoms with Crippen molar-refractivity contribution in [2.24, 2.45) is 0 Å². The van der Waals surface area contributed by atoms with E-state index >= 15 is 0 Å². The molecule has 0 aliphatic heterocycles. The average Bonchev–Trinajstić information content (AvgIpc) is 2.59. The number of aromatic amines is 1. The molecule has 3 aromatic rings. The topological polar surface area (TPSA) is 100 Å². The van der Waals surface area contributed by atoms with Gasteiger partial charge < -0.3 is 4.42 Å². The Morgan fingerprint density at radius 1 is 1.08 bits per heavy atom. The Kier molecular flexibility index (Phi) is 4.80. The molecule has 0 saturated carbocycles. The summed E-state index contributed by atoms with van der Waals surface area (Å²) in [7, 11) is -3.86. The summed E-state index contributed by atoms with van der Waals surface area (Å²) in [6, 6.07) is 13.0. The molecular formula is C18H18N2O5S. The predicted octanol–water partition coefficient (Wildman–Crippen LogP) is 2.08. The van der Waals surface area contributed by atoms with Crippen molar-refractivity contribution in [2.45, 2.75) is 31.3 Å². The quantitative estimate of drug-likeness (QED) is 0.737. The Labute approximate surface area is 149 Å². The van der Waals surface area contributed by atoms with E-state index in [9.17, 15) is 18.0 Å². The number of rotatable bonds is 5. The van der Waals surface area contributed by atoms with Crippen molar-refractivity contribution in [3.05, 3.63) is 75.1 Å². The summed E-state index contributed by atoms with van der Waals surface area (Å²) < 4.78 is 32.1. The number of nitrogens with one attached hydrogen (secondary N) is 1. The van der Waals surface area contributed by atoms with Crippen LogP contribution in [0, 0.1) is 0 Å². The lowest BCUT2D eigenvalue weighted by Crippen LogP contribution is -2.36. The second kappa shape index (κ2) is 6.89. The number of fused-ring (bicyclic) bond motifs is 1. The molecule has 136 valence electrons. The zero-order valence-electron chi connectivity index (χ0n) is 14.3. The molecule has 1 heterocycles. The maximum Gasteiger partial charge on any atom is 0.419 e. The third-order valence-electron chi connectivity index (χ3n) is 4.00. The SMILES string of the molecule is CC(C)N(Cc1ccccc1)S(=O)(=O)c1ccc2[nH]c(=O)oc(=O)c2c1. The molecule has 2 aromatic carbocycles. The van der Waals surface area contributed by atoms with Crippen LogP contribution >= 0.6 is 0 Å². The van der Waals surface area contributed by atoms with Gasteiger partial charge in [0.15, 0.2) is 0 Å². The number of benzene rings is 2. The lowest BCUT2D eigenvalue weighted by Gasteiger charge is -2.26. The zero-order valence-corrected chi connectivity index (χ0v) is 15.1. The molecule has 0 bridgehead atoms. The van der Waals surface area contributed by atoms with Gasteiger partial charge in [-0.15, -0.1) is 0 Å². The van der Waals surface area contributed by atoms with Crippen molar-refractivity contribution in [1.29, 1.82) is 0 Å². The van der Waals surface area contributed by atoms with Crippen LogP contribution in [-0.2, 0) is 16.6 Å². The summed E-state index contributed by atoms with van der Waals surface area (Å²) >= 11 is 0. The molecule has 7 nitrogen and oxygen atoms in total. The maximum atomic E-state index is 13.1. The molecule has 8 heteroatoms. The Hall–Kier alpha value is -2.71. The molecule has 3 rings (SSSR count). The Bertz CT molecular complexity index is 1150. The van der Waals surface area contributed by atoms with E-state index in [4.69, 9.17) is 0 Å². The van der Waals surface area contributed by atoms with Crippen molar-refractivity contribution in [1.82, 2.24) is 9.29 Å². The first-order valence-electron chi connectivity index (χ1n) is 8.02. The van der Waals surface area contributed by atoms with Crippen molar-refractivity contribution in [2.75, 3.05) is 0 Å². The molecule has 1 N–H and O–H groups in total. The normalized spacial score (nSPS) is 12.2. The first kappa shape index (κ1) is 18.1. The summed E-state index contributed by atoms with van der Waals surface area (Å²) in [5.74, 6) is -0.883. The highest BCUT2D eigenvalue weighted by atomic mass is 32.2. The molecule has 0 radical (unpaired) electrons. The zero-order chi connectivity index (χ0) is 18.9. The molecule has 0 atom stereocenters. The fourth-order valence-corrected chi connectivity index (χ4v) is 4.33. The molecule has 0 amide bonds. The van der Waals surface area contributed by atoms with Crippen LogP contribution in [0.4, 0.5) is 0 Å². The van der Waals surface area contributed by atoms with E-state index in [0.717, 1.165) is 5.56 Å². The van der Waals surface area contributed by atoms with Gasteiger partial charge in [0.1, 0.15) is 0 Å². The minimum atomic E-state index is -3.86. The third-order valence-corrected chi connectivity index (χ3v) is 6.01. The van der Waals surface area contributed by atoms with E-state index in [0.29, 0.717) is 0 Å². The van der Waals surface area contributed by atoms with Crippen LogP contribution in [0.1, 0.15) is 19.4 Å². The molecular weight excluding hydrogens is 356 g/mol. The van der Waals surface area contributed by atoms with Gasteiger partial charge >= 0.3 is 11.4 Å². The summed E-state index contributed by atoms with van der Waals surface area (Å²) in [5, 5.41) is 0.00842. The number of sulfonamides is 1. The Morgan fingerprint density at radius 2 is 1.77 bits per heavy atom. The summed E-state index contributed by atoms with van der Waals surface area (Å²) in [6.45, 7) is 3.78. The van der Waals surface area contributed by atoms with Gasteiger partial charge in [-0.3, -0.25) is 4.98 Å². The number of hydrogen-bond donors (Lipinski definition) is 1. The summed E-state index contributed by atoms with van der Waals surface area (Å²) in [6.07, 6.45) is 0. The summed E-state index contributed by atoms with van der Waals surface area (Å²) in [5.41, 5.74) is 0.207. The van der Waals surface area contributed by atoms with Crippen LogP contribution in [0.15, 0.2) is 67.4 Å². The Morgan fingerprint density at radius 3 is 2.42 bits per heavy atom. The highest BCUT2D eigenvalue weighted by Crippen LogP contribution is 2.23. The molecule has 0 aliphatic rings. The minimum absolute atomic E-state index is 0.00842. The van der Waals surface area contributed by atoms with E-state index in [-0.39, 0.29) is 28.4 Å². The third kappa shape index (κ3) is 3.47. The van der Waals surface area contributed by atoms with Crippen molar-refractivity contribution >= 4 is 20.9 Å². The van der Waals surface area contributed by atoms with Crippen LogP contribution < -0.4 is 11.4 Å². The van der Waals surface area contributed by atoms with Crippen molar-refractivity contribution in [3.8, 4) is 0 Å². The first-order valence-corrected chi connectivity index (χ1v) is 9.46. The molecule has 0 saturated heterocycles. The van der Waals surface area contributed by atoms with Gasteiger partial charge in [0.25, 0.3) is 0 Å². The number of aromatic nitrogens is 1. The standard InChI is InChI=1S/C18H18N2O5S/c1-12(2)20(11-13-6-4-3-5-7-13)26(23,24)14-8-9-16-15(10-14)17(21)25-18(22)19-16/h3-10,12H,11H2,1-2H3,(H,19,22).